The fraction of sp³-hybridized carbons (Fsp3) is 0.419. The maximum absolute atomic E-state index is 11.7. The second-order valence-electron chi connectivity index (χ2n) is 26.7. The number of nitrogens with one attached hydrogen (secondary N) is 4. The Morgan fingerprint density at radius 1 is 0.504 bits per heavy atom. The van der Waals surface area contributed by atoms with Crippen molar-refractivity contribution in [2.75, 3.05) is 99.2 Å². The molecule has 7 aromatic carbocycles. The Hall–Kier alpha value is -4.01. The maximum atomic E-state index is 11.7. The number of benzene rings is 7. The van der Waals surface area contributed by atoms with E-state index in [4.69, 9.17) is 137 Å². The molecule has 2 aromatic heterocycles. The number of H-pyrrole nitrogens is 3. The average molecular weight is 2540 g/mol. The summed E-state index contributed by atoms with van der Waals surface area (Å²) in [6, 6.07) is 41.9. The average Bonchev–Trinajstić information content (AvgIpc) is 0.842. The summed E-state index contributed by atoms with van der Waals surface area (Å²) in [5.74, 6) is -1.47. The number of methoxy groups -OCH3 is 3. The van der Waals surface area contributed by atoms with Gasteiger partial charge in [-0.15, -0.1) is 23.2 Å². The molecule has 0 fully saturated rings. The summed E-state index contributed by atoms with van der Waals surface area (Å²) < 4.78 is 48.4. The molecule has 0 saturated carbocycles. The number of aromatic carboxylic acids is 1. The molecule has 1 radical (unpaired) electrons. The van der Waals surface area contributed by atoms with E-state index in [-0.39, 0.29) is 58.5 Å². The standard InChI is InChI=1S/C17H22ClN3OS.C13H18ClNO2.C12H17BrClN.C12H18ClNO.C9H8BrClO2.C9H9ClO2.C8H7ClO2.C5H6N2OS.C4H11N.CH2Cl2.CH4O.2CH4.BHNS.Br3P.H2O4S/c1-4-21(5-2)10-13-7-6-8-15(18)14(13)11-23-17-19-12(3)9-16(22)20-17;1-4-15(5-2)9-10-7-6-8-11(14)12(10)13(16)17-3;1-3-15(4-2)9-10-6-5-7-12(14)11(10)8-13;1-3-14(4-2)8-10-6-5-7-12(13)11(10)9-15;1-13-9(12)8-6(5-10)3-2-4-7(8)11;1-6-4-3-5-7(10)8(6)9(11)12-2;1-5-3-2-4-6(9)7(5)8(10)11;1-3-2-4(8)7-5(9)6-3;1-3-5-4-2;2-1-3;1-2;;;1-2-3;1-4(2)3;1-5(2,3)4/h6-9H,4-5,10-11H2,1-3H3,(H,19,20,22);6-8H,4-5,9H2,1-3H3;5-7H,3-4,8-9H2,1-2H3;5-7,15H,3-4,8-9H2,1-2H3;2-4H,5H2,1H3;3-5H,1-2H3;2-4H,1H3,(H,10,11);2H,1H3,(H2,6,7,8,9);5H,3-4H2,1-2H3;1H2;2H,1H3;2*1H4;3H;;(H2,1,2,3,4). The zero-order valence-electron chi connectivity index (χ0n) is 79.6. The molecule has 781 valence electrons. The van der Waals surface area contributed by atoms with Crippen molar-refractivity contribution in [3.8, 4) is 0 Å². The van der Waals surface area contributed by atoms with Gasteiger partial charge in [0.05, 0.1) is 75.6 Å². The van der Waals surface area contributed by atoms with E-state index in [1.165, 1.54) is 61.9 Å². The Kier molecular flexibility index (Phi) is 96.1. The van der Waals surface area contributed by atoms with Gasteiger partial charge < -0.3 is 44.8 Å². The van der Waals surface area contributed by atoms with Crippen LogP contribution in [0.15, 0.2) is 159 Å². The van der Waals surface area contributed by atoms with Crippen molar-refractivity contribution >= 4 is 265 Å². The van der Waals surface area contributed by atoms with Crippen LogP contribution < -0.4 is 16.4 Å². The molecule has 0 spiro atoms. The van der Waals surface area contributed by atoms with Crippen LogP contribution in [0.2, 0.25) is 35.2 Å². The van der Waals surface area contributed by atoms with Gasteiger partial charge in [-0.25, -0.2) is 24.2 Å². The number of carbonyl (C=O) groups is 4. The normalized spacial score (nSPS) is 9.88. The van der Waals surface area contributed by atoms with Crippen LogP contribution in [0.5, 0.6) is 0 Å². The number of aromatic nitrogens is 4. The minimum absolute atomic E-state index is 0. The molecular formula is C93H133BBr5Cl9N10O16PS4. The van der Waals surface area contributed by atoms with Crippen molar-refractivity contribution in [1.82, 2.24) is 44.9 Å². The summed E-state index contributed by atoms with van der Waals surface area (Å²) in [7, 11) is 4.71. The van der Waals surface area contributed by atoms with E-state index in [2.05, 4.69) is 251 Å². The van der Waals surface area contributed by atoms with Gasteiger partial charge >= 0.3 is 59.0 Å². The van der Waals surface area contributed by atoms with Gasteiger partial charge in [-0.1, -0.05) is 294 Å². The van der Waals surface area contributed by atoms with Crippen LogP contribution in [0, 0.1) is 32.5 Å². The van der Waals surface area contributed by atoms with E-state index in [0.29, 0.717) is 69.9 Å². The molecule has 9 rings (SSSR count). The first-order valence-corrected chi connectivity index (χ1v) is 58.1. The molecule has 0 aliphatic rings. The molecule has 0 bridgehead atoms. The summed E-state index contributed by atoms with van der Waals surface area (Å²) in [6.45, 7) is 42.1. The number of aryl methyl sites for hydroxylation is 4. The second kappa shape index (κ2) is 90.3. The van der Waals surface area contributed by atoms with Crippen molar-refractivity contribution in [3.63, 3.8) is 0 Å². The summed E-state index contributed by atoms with van der Waals surface area (Å²) in [5.41, 5.74) is 12.9. The third kappa shape index (κ3) is 68.2. The van der Waals surface area contributed by atoms with E-state index in [0.717, 1.165) is 152 Å². The van der Waals surface area contributed by atoms with Crippen LogP contribution >= 0.6 is 224 Å². The Bertz CT molecular complexity index is 5090. The molecule has 46 heteroatoms. The first kappa shape index (κ1) is 148. The molecule has 0 aliphatic carbocycles. The van der Waals surface area contributed by atoms with E-state index >= 15 is 0 Å². The first-order chi connectivity index (χ1) is 64.8. The number of nitrogens with zero attached hydrogens (tertiary/aromatic N) is 6. The zero-order valence-corrected chi connectivity index (χ0v) is 98.6. The summed E-state index contributed by atoms with van der Waals surface area (Å²) in [4.78, 5) is 88.3. The van der Waals surface area contributed by atoms with Gasteiger partial charge in [0.15, 0.2) is 9.93 Å². The van der Waals surface area contributed by atoms with Gasteiger partial charge in [-0.05, 0) is 244 Å². The number of alkyl halides is 4. The number of carboxylic acids is 1. The second-order valence-corrected chi connectivity index (χ2v) is 49.3. The number of hydrogen-bond acceptors (Lipinski definition) is 23. The predicted octanol–water partition coefficient (Wildman–Crippen LogP) is 28.0. The van der Waals surface area contributed by atoms with Gasteiger partial charge in [0.1, 0.15) is 4.03 Å². The number of carbonyl (C=O) groups excluding carboxylic acids is 3. The fourth-order valence-corrected chi connectivity index (χ4v) is 15.6. The number of hydrogen-bond donors (Lipinski definition) is 10. The molecule has 2 heterocycles. The van der Waals surface area contributed by atoms with Gasteiger partial charge in [-0.3, -0.25) is 43.3 Å². The number of thiol groups is 1. The van der Waals surface area contributed by atoms with Crippen molar-refractivity contribution < 1.29 is 66.2 Å². The first-order valence-electron chi connectivity index (χ1n) is 41.5. The molecular weight excluding hydrogens is 2400 g/mol. The molecule has 139 heavy (non-hydrogen) atoms. The summed E-state index contributed by atoms with van der Waals surface area (Å²) in [6.07, 6.45) is 0. The van der Waals surface area contributed by atoms with Crippen LogP contribution in [0.1, 0.15) is 193 Å². The van der Waals surface area contributed by atoms with Crippen LogP contribution in [-0.2, 0) is 73.8 Å². The number of aliphatic hydroxyl groups is 2. The number of esters is 3. The Labute approximate surface area is 926 Å². The number of ether oxygens (including phenoxy) is 3. The van der Waals surface area contributed by atoms with E-state index in [1.54, 1.807) is 62.4 Å². The summed E-state index contributed by atoms with van der Waals surface area (Å²) >= 11 is 77.1. The van der Waals surface area contributed by atoms with E-state index in [1.807, 2.05) is 80.6 Å². The third-order valence-corrected chi connectivity index (χ3v) is 22.5. The zero-order chi connectivity index (χ0) is 106. The molecule has 9 aromatic rings. The van der Waals surface area contributed by atoms with Gasteiger partial charge in [-0.2, -0.15) is 8.42 Å². The SMILES string of the molecule is BrP(Br)Br.C.C.CCN(CC)Cc1cccc(Cl)c1C(=O)OC.CCN(CC)Cc1cccc(Cl)c1CBr.CCN(CC)Cc1cccc(Cl)c1CO.CCN(CC)Cc1cccc(Cl)c1CSc1nc(C)cc(=O)[nH]1.CCNCC.CO.COC(=O)c1c(C)cccc1Cl.COC(=O)c1c(Cl)cccc1CBr.Cc1cc(=O)[nH]c(=S)[nH]1.Cc1cccc(Cl)c1C(=O)O.ClCCl.O=S(=O)(O)O.[B]=NS. The van der Waals surface area contributed by atoms with Crippen molar-refractivity contribution in [3.05, 3.63) is 289 Å². The van der Waals surface area contributed by atoms with Crippen LogP contribution in [-0.4, -0.2) is 203 Å². The topological polar surface area (TPSA) is 363 Å². The van der Waals surface area contributed by atoms with Crippen molar-refractivity contribution in [2.24, 2.45) is 4.30 Å². The number of rotatable bonds is 28. The van der Waals surface area contributed by atoms with Crippen molar-refractivity contribution in [2.45, 2.75) is 166 Å². The Morgan fingerprint density at radius 2 is 0.791 bits per heavy atom. The van der Waals surface area contributed by atoms with Crippen LogP contribution in [0.4, 0.5) is 0 Å². The number of halogens is 14. The fourth-order valence-electron chi connectivity index (χ4n) is 11.0. The number of carboxylic acid groups (broad SMARTS) is 1. The summed E-state index contributed by atoms with van der Waals surface area (Å²) in [5, 5.41) is 34.1. The number of thioether (sulfide) groups is 1. The van der Waals surface area contributed by atoms with Gasteiger partial charge in [0, 0.05) is 93.9 Å². The van der Waals surface area contributed by atoms with Gasteiger partial charge in [0.25, 0.3) is 11.1 Å². The molecule has 0 unspecified atom stereocenters. The van der Waals surface area contributed by atoms with E-state index < -0.39 is 28.3 Å². The van der Waals surface area contributed by atoms with Crippen LogP contribution in [0.25, 0.3) is 0 Å². The third-order valence-electron chi connectivity index (χ3n) is 17.9. The molecule has 0 aliphatic heterocycles. The molecule has 0 amide bonds. The van der Waals surface area contributed by atoms with Gasteiger partial charge in [0.2, 0.25) is 0 Å². The Morgan fingerprint density at radius 3 is 1.09 bits per heavy atom. The van der Waals surface area contributed by atoms with Crippen molar-refractivity contribution in [1.29, 1.82) is 0 Å². The monoisotopic (exact) mass is 2530 g/mol. The molecule has 26 nitrogen and oxygen atoms in total. The predicted molar refractivity (Wildman–Crippen MR) is 612 cm³/mol. The molecule has 9 N–H and O–H groups in total. The quantitative estimate of drug-likeness (QED) is 0.00208. The Balaban J connectivity index is -0.000000280. The van der Waals surface area contributed by atoms with Crippen LogP contribution in [0.3, 0.4) is 0 Å². The molecule has 0 saturated heterocycles. The molecule has 0 atom stereocenters. The number of aromatic amines is 3. The number of aliphatic hydroxyl groups excluding tert-OH is 2. The minimum atomic E-state index is -4.67. The van der Waals surface area contributed by atoms with E-state index in [9.17, 15) is 33.9 Å².